The molecule has 86 valence electrons. The third kappa shape index (κ3) is 2.30. The molecule has 1 aliphatic heterocycles. The van der Waals surface area contributed by atoms with Crippen LogP contribution in [-0.2, 0) is 0 Å². The number of primary amides is 1. The molecule has 0 radical (unpaired) electrons. The summed E-state index contributed by atoms with van der Waals surface area (Å²) in [6, 6.07) is 6.95. The molecule has 0 aliphatic carbocycles. The predicted octanol–water partition coefficient (Wildman–Crippen LogP) is 0.491. The highest BCUT2D eigenvalue weighted by Crippen LogP contribution is 2.17. The molecule has 2 rings (SSSR count). The number of hydrogen-bond acceptors (Lipinski definition) is 3. The fraction of sp³-hybridized carbons (Fsp3) is 0.364. The van der Waals surface area contributed by atoms with Crippen molar-refractivity contribution < 1.29 is 9.18 Å². The van der Waals surface area contributed by atoms with Crippen LogP contribution in [0.1, 0.15) is 10.4 Å². The number of alkyl halides is 1. The number of carbonyl (C=O) groups is 1. The Bertz CT molecular complexity index is 397. The highest BCUT2D eigenvalue weighted by atomic mass is 19.1. The minimum Gasteiger partial charge on any atom is -0.366 e. The molecule has 1 amide bonds. The largest absolute Gasteiger partial charge is 0.366 e. The Kier molecular flexibility index (Phi) is 3.05. The van der Waals surface area contributed by atoms with Crippen LogP contribution in [0.15, 0.2) is 24.3 Å². The molecular formula is C11H14FN3O. The van der Waals surface area contributed by atoms with E-state index in [2.05, 4.69) is 5.32 Å². The van der Waals surface area contributed by atoms with Gasteiger partial charge in [-0.1, -0.05) is 6.07 Å². The second kappa shape index (κ2) is 4.49. The maximum atomic E-state index is 13.1. The summed E-state index contributed by atoms with van der Waals surface area (Å²) in [6.45, 7) is 1.62. The second-order valence-electron chi connectivity index (χ2n) is 3.78. The van der Waals surface area contributed by atoms with Gasteiger partial charge >= 0.3 is 0 Å². The Balaban J connectivity index is 2.19. The summed E-state index contributed by atoms with van der Waals surface area (Å²) in [4.78, 5) is 12.9. The lowest BCUT2D eigenvalue weighted by Crippen LogP contribution is -2.48. The van der Waals surface area contributed by atoms with Gasteiger partial charge in [0.25, 0.3) is 0 Å². The topological polar surface area (TPSA) is 58.4 Å². The normalized spacial score (nSPS) is 20.8. The van der Waals surface area contributed by atoms with Crippen LogP contribution in [0, 0.1) is 0 Å². The molecule has 1 aliphatic rings. The van der Waals surface area contributed by atoms with Gasteiger partial charge in [-0.25, -0.2) is 4.39 Å². The predicted molar refractivity (Wildman–Crippen MR) is 60.1 cm³/mol. The number of piperazine rings is 1. The quantitative estimate of drug-likeness (QED) is 0.717. The van der Waals surface area contributed by atoms with E-state index in [0.29, 0.717) is 18.7 Å². The summed E-state index contributed by atoms with van der Waals surface area (Å²) in [6.07, 6.45) is -1.02. The van der Waals surface area contributed by atoms with E-state index in [0.717, 1.165) is 12.2 Å². The summed E-state index contributed by atoms with van der Waals surface area (Å²) in [5.74, 6) is -0.464. The Morgan fingerprint density at radius 1 is 1.56 bits per heavy atom. The maximum Gasteiger partial charge on any atom is 0.248 e. The number of nitrogens with two attached hydrogens (primary N) is 1. The van der Waals surface area contributed by atoms with Crippen LogP contribution in [-0.4, -0.2) is 31.8 Å². The number of carbonyl (C=O) groups excluding carboxylic acids is 1. The van der Waals surface area contributed by atoms with Gasteiger partial charge in [-0.05, 0) is 18.2 Å². The Hall–Kier alpha value is -1.62. The maximum absolute atomic E-state index is 13.1. The molecule has 1 aromatic carbocycles. The molecule has 0 aromatic heterocycles. The van der Waals surface area contributed by atoms with Gasteiger partial charge in [0.15, 0.2) is 6.30 Å². The number of benzene rings is 1. The SMILES string of the molecule is NC(=O)c1cccc(N2CCNC(F)C2)c1. The second-order valence-corrected chi connectivity index (χ2v) is 3.78. The zero-order chi connectivity index (χ0) is 11.5. The average molecular weight is 223 g/mol. The number of nitrogens with one attached hydrogen (secondary N) is 1. The molecule has 16 heavy (non-hydrogen) atoms. The third-order valence-corrected chi connectivity index (χ3v) is 2.62. The van der Waals surface area contributed by atoms with E-state index in [1.165, 1.54) is 0 Å². The van der Waals surface area contributed by atoms with Crippen molar-refractivity contribution in [2.24, 2.45) is 5.73 Å². The molecule has 1 unspecified atom stereocenters. The van der Waals surface area contributed by atoms with Crippen molar-refractivity contribution in [1.29, 1.82) is 0 Å². The van der Waals surface area contributed by atoms with E-state index < -0.39 is 12.2 Å². The molecule has 3 N–H and O–H groups in total. The highest BCUT2D eigenvalue weighted by molar-refractivity contribution is 5.93. The van der Waals surface area contributed by atoms with Crippen LogP contribution in [0.25, 0.3) is 0 Å². The number of halogens is 1. The lowest BCUT2D eigenvalue weighted by atomic mass is 10.1. The first-order valence-electron chi connectivity index (χ1n) is 5.19. The van der Waals surface area contributed by atoms with Crippen molar-refractivity contribution in [3.8, 4) is 0 Å². The van der Waals surface area contributed by atoms with Crippen LogP contribution in [0.3, 0.4) is 0 Å². The molecule has 1 saturated heterocycles. The minimum atomic E-state index is -1.02. The van der Waals surface area contributed by atoms with Crippen molar-refractivity contribution in [3.63, 3.8) is 0 Å². The highest BCUT2D eigenvalue weighted by Gasteiger charge is 2.18. The van der Waals surface area contributed by atoms with Gasteiger partial charge in [-0.15, -0.1) is 0 Å². The van der Waals surface area contributed by atoms with Crippen molar-refractivity contribution in [2.75, 3.05) is 24.5 Å². The van der Waals surface area contributed by atoms with Gasteiger partial charge in [0.2, 0.25) is 5.91 Å². The number of nitrogens with zero attached hydrogens (tertiary/aromatic N) is 1. The first-order valence-corrected chi connectivity index (χ1v) is 5.19. The zero-order valence-corrected chi connectivity index (χ0v) is 8.82. The molecule has 0 bridgehead atoms. The number of rotatable bonds is 2. The molecule has 4 nitrogen and oxygen atoms in total. The standard InChI is InChI=1S/C11H14FN3O/c12-10-7-15(5-4-14-10)9-3-1-2-8(6-9)11(13)16/h1-3,6,10,14H,4-5,7H2,(H2,13,16). The summed E-state index contributed by atoms with van der Waals surface area (Å²) in [5, 5.41) is 2.72. The van der Waals surface area contributed by atoms with Crippen molar-refractivity contribution in [3.05, 3.63) is 29.8 Å². The van der Waals surface area contributed by atoms with Crippen molar-refractivity contribution >= 4 is 11.6 Å². The Morgan fingerprint density at radius 3 is 3.06 bits per heavy atom. The van der Waals surface area contributed by atoms with Crippen LogP contribution in [0.2, 0.25) is 0 Å². The lowest BCUT2D eigenvalue weighted by Gasteiger charge is -2.31. The van der Waals surface area contributed by atoms with E-state index in [-0.39, 0.29) is 0 Å². The van der Waals surface area contributed by atoms with Crippen molar-refractivity contribution in [2.45, 2.75) is 6.30 Å². The van der Waals surface area contributed by atoms with Gasteiger partial charge in [0, 0.05) is 24.3 Å². The van der Waals surface area contributed by atoms with E-state index >= 15 is 0 Å². The van der Waals surface area contributed by atoms with Crippen LogP contribution in [0.5, 0.6) is 0 Å². The molecule has 1 atom stereocenters. The molecule has 1 heterocycles. The average Bonchev–Trinajstić information content (AvgIpc) is 2.29. The van der Waals surface area contributed by atoms with Gasteiger partial charge in [-0.3, -0.25) is 10.1 Å². The molecular weight excluding hydrogens is 209 g/mol. The third-order valence-electron chi connectivity index (χ3n) is 2.62. The lowest BCUT2D eigenvalue weighted by molar-refractivity contribution is 0.100. The first-order chi connectivity index (χ1) is 7.66. The summed E-state index contributed by atoms with van der Waals surface area (Å²) in [5.41, 5.74) is 6.48. The number of amides is 1. The monoisotopic (exact) mass is 223 g/mol. The molecule has 1 fully saturated rings. The van der Waals surface area contributed by atoms with Crippen LogP contribution >= 0.6 is 0 Å². The van der Waals surface area contributed by atoms with Gasteiger partial charge in [0.05, 0.1) is 6.54 Å². The fourth-order valence-electron chi connectivity index (χ4n) is 1.80. The van der Waals surface area contributed by atoms with Gasteiger partial charge in [-0.2, -0.15) is 0 Å². The molecule has 1 aromatic rings. The first kappa shape index (κ1) is 10.9. The van der Waals surface area contributed by atoms with E-state index in [1.807, 2.05) is 11.0 Å². The Morgan fingerprint density at radius 2 is 2.38 bits per heavy atom. The smallest absolute Gasteiger partial charge is 0.248 e. The molecule has 0 spiro atoms. The van der Waals surface area contributed by atoms with E-state index in [9.17, 15) is 9.18 Å². The van der Waals surface area contributed by atoms with Gasteiger partial charge in [0.1, 0.15) is 0 Å². The van der Waals surface area contributed by atoms with E-state index in [1.54, 1.807) is 18.2 Å². The van der Waals surface area contributed by atoms with Crippen molar-refractivity contribution in [1.82, 2.24) is 5.32 Å². The Labute approximate surface area is 93.2 Å². The van der Waals surface area contributed by atoms with Gasteiger partial charge < -0.3 is 10.6 Å². The molecule has 5 heteroatoms. The zero-order valence-electron chi connectivity index (χ0n) is 8.82. The summed E-state index contributed by atoms with van der Waals surface area (Å²) < 4.78 is 13.1. The fourth-order valence-corrected chi connectivity index (χ4v) is 1.80. The minimum absolute atomic E-state index is 0.294. The summed E-state index contributed by atoms with van der Waals surface area (Å²) in [7, 11) is 0. The van der Waals surface area contributed by atoms with Crippen LogP contribution in [0.4, 0.5) is 10.1 Å². The van der Waals surface area contributed by atoms with E-state index in [4.69, 9.17) is 5.73 Å². The number of hydrogen-bond donors (Lipinski definition) is 2. The summed E-state index contributed by atoms with van der Waals surface area (Å²) >= 11 is 0. The number of anilines is 1. The molecule has 0 saturated carbocycles. The van der Waals surface area contributed by atoms with Crippen LogP contribution < -0.4 is 16.0 Å².